The Morgan fingerprint density at radius 1 is 1.38 bits per heavy atom. The molecule has 3 rings (SSSR count). The van der Waals surface area contributed by atoms with Crippen LogP contribution in [0, 0.1) is 6.92 Å². The summed E-state index contributed by atoms with van der Waals surface area (Å²) in [6.45, 7) is 6.38. The van der Waals surface area contributed by atoms with Crippen LogP contribution in [0.15, 0.2) is 5.38 Å². The third-order valence-electron chi connectivity index (χ3n) is 5.41. The number of thiazole rings is 1. The first-order valence-electron chi connectivity index (χ1n) is 7.98. The maximum Gasteiger partial charge on any atom is 0.107 e. The van der Waals surface area contributed by atoms with E-state index in [1.165, 1.54) is 43.8 Å². The second-order valence-electron chi connectivity index (χ2n) is 6.64. The number of aryl methyl sites for hydroxylation is 1. The first kappa shape index (κ1) is 15.4. The van der Waals surface area contributed by atoms with Crippen molar-refractivity contribution < 1.29 is 4.74 Å². The van der Waals surface area contributed by atoms with Gasteiger partial charge < -0.3 is 4.74 Å². The first-order valence-corrected chi connectivity index (χ1v) is 8.86. The molecule has 21 heavy (non-hydrogen) atoms. The van der Waals surface area contributed by atoms with Gasteiger partial charge in [0.25, 0.3) is 0 Å². The fraction of sp³-hybridized carbons (Fsp3) is 0.812. The van der Waals surface area contributed by atoms with E-state index in [-0.39, 0.29) is 0 Å². The highest BCUT2D eigenvalue weighted by Crippen LogP contribution is 2.40. The van der Waals surface area contributed by atoms with Crippen molar-refractivity contribution in [3.63, 3.8) is 0 Å². The molecule has 4 nitrogen and oxygen atoms in total. The average Bonchev–Trinajstić information content (AvgIpc) is 3.01. The zero-order chi connectivity index (χ0) is 14.9. The number of likely N-dealkylation sites (N-methyl/N-ethyl adjacent to an activating group) is 1. The van der Waals surface area contributed by atoms with Crippen molar-refractivity contribution in [1.82, 2.24) is 14.8 Å². The molecule has 118 valence electrons. The zero-order valence-electron chi connectivity index (χ0n) is 13.5. The van der Waals surface area contributed by atoms with Crippen LogP contribution in [0.2, 0.25) is 0 Å². The van der Waals surface area contributed by atoms with E-state index < -0.39 is 0 Å². The Balaban J connectivity index is 1.55. The largest absolute Gasteiger partial charge is 0.383 e. The number of hydrogen-bond acceptors (Lipinski definition) is 5. The van der Waals surface area contributed by atoms with Crippen molar-refractivity contribution in [2.24, 2.45) is 0 Å². The normalized spacial score (nSPS) is 26.7. The number of hydrogen-bond donors (Lipinski definition) is 0. The van der Waals surface area contributed by atoms with E-state index in [1.54, 1.807) is 11.3 Å². The Labute approximate surface area is 132 Å². The van der Waals surface area contributed by atoms with Crippen LogP contribution in [0.5, 0.6) is 0 Å². The summed E-state index contributed by atoms with van der Waals surface area (Å²) in [7, 11) is 4.12. The van der Waals surface area contributed by atoms with Gasteiger partial charge in [0, 0.05) is 42.9 Å². The van der Waals surface area contributed by atoms with Crippen LogP contribution in [-0.4, -0.2) is 60.2 Å². The average molecular weight is 309 g/mol. The summed E-state index contributed by atoms with van der Waals surface area (Å²) in [6.07, 6.45) is 5.19. The molecule has 0 amide bonds. The lowest BCUT2D eigenvalue weighted by molar-refractivity contribution is 0.0282. The van der Waals surface area contributed by atoms with Crippen LogP contribution in [0.25, 0.3) is 0 Å². The molecule has 2 fully saturated rings. The minimum absolute atomic E-state index is 0.429. The number of nitrogens with zero attached hydrogens (tertiary/aromatic N) is 3. The van der Waals surface area contributed by atoms with Crippen molar-refractivity contribution >= 4 is 11.3 Å². The van der Waals surface area contributed by atoms with Gasteiger partial charge in [-0.25, -0.2) is 4.98 Å². The van der Waals surface area contributed by atoms with Gasteiger partial charge in [-0.3, -0.25) is 9.80 Å². The van der Waals surface area contributed by atoms with Gasteiger partial charge in [-0.2, -0.15) is 0 Å². The summed E-state index contributed by atoms with van der Waals surface area (Å²) in [5.41, 5.74) is 1.58. The van der Waals surface area contributed by atoms with Crippen LogP contribution in [0.4, 0.5) is 0 Å². The van der Waals surface area contributed by atoms with Crippen molar-refractivity contribution in [2.75, 3.05) is 33.9 Å². The van der Waals surface area contributed by atoms with Crippen LogP contribution in [0.3, 0.4) is 0 Å². The van der Waals surface area contributed by atoms with E-state index in [1.807, 2.05) is 7.11 Å². The van der Waals surface area contributed by atoms with Crippen molar-refractivity contribution in [2.45, 2.75) is 50.7 Å². The van der Waals surface area contributed by atoms with Gasteiger partial charge in [-0.15, -0.1) is 11.3 Å². The Bertz CT molecular complexity index is 468. The van der Waals surface area contributed by atoms with Crippen molar-refractivity contribution in [3.8, 4) is 0 Å². The molecule has 1 aromatic rings. The summed E-state index contributed by atoms with van der Waals surface area (Å²) in [6, 6.07) is 0.614. The van der Waals surface area contributed by atoms with Gasteiger partial charge in [-0.05, 0) is 39.7 Å². The van der Waals surface area contributed by atoms with Crippen LogP contribution in [-0.2, 0) is 11.3 Å². The van der Waals surface area contributed by atoms with Crippen molar-refractivity contribution in [1.29, 1.82) is 0 Å². The smallest absolute Gasteiger partial charge is 0.107 e. The van der Waals surface area contributed by atoms with Crippen molar-refractivity contribution in [3.05, 3.63) is 16.1 Å². The fourth-order valence-corrected chi connectivity index (χ4v) is 4.79. The van der Waals surface area contributed by atoms with Gasteiger partial charge >= 0.3 is 0 Å². The van der Waals surface area contributed by atoms with E-state index in [4.69, 9.17) is 4.74 Å². The van der Waals surface area contributed by atoms with Gasteiger partial charge in [0.1, 0.15) is 5.01 Å². The molecule has 1 aromatic heterocycles. The highest BCUT2D eigenvalue weighted by Gasteiger charge is 2.45. The monoisotopic (exact) mass is 309 g/mol. The molecule has 0 saturated carbocycles. The number of rotatable bonds is 4. The predicted octanol–water partition coefficient (Wildman–Crippen LogP) is 2.53. The van der Waals surface area contributed by atoms with Crippen LogP contribution >= 0.6 is 11.3 Å². The Kier molecular flexibility index (Phi) is 4.64. The second kappa shape index (κ2) is 6.32. The number of piperidine rings is 1. The fourth-order valence-electron chi connectivity index (χ4n) is 3.98. The first-order chi connectivity index (χ1) is 10.1. The molecule has 2 saturated heterocycles. The van der Waals surface area contributed by atoms with Gasteiger partial charge in [-0.1, -0.05) is 0 Å². The van der Waals surface area contributed by atoms with E-state index in [0.29, 0.717) is 11.6 Å². The third kappa shape index (κ3) is 3.16. The molecule has 2 aliphatic rings. The lowest BCUT2D eigenvalue weighted by Crippen LogP contribution is -2.52. The highest BCUT2D eigenvalue weighted by atomic mass is 32.1. The molecule has 0 bridgehead atoms. The minimum Gasteiger partial charge on any atom is -0.383 e. The minimum atomic E-state index is 0.429. The third-order valence-corrected chi connectivity index (χ3v) is 6.36. The summed E-state index contributed by atoms with van der Waals surface area (Å²) < 4.78 is 5.37. The molecular weight excluding hydrogens is 282 g/mol. The Morgan fingerprint density at radius 2 is 2.14 bits per heavy atom. The topological polar surface area (TPSA) is 28.6 Å². The molecule has 1 atom stereocenters. The zero-order valence-corrected chi connectivity index (χ0v) is 14.3. The number of ether oxygens (including phenoxy) is 1. The van der Waals surface area contributed by atoms with Crippen LogP contribution < -0.4 is 0 Å². The van der Waals surface area contributed by atoms with E-state index in [9.17, 15) is 0 Å². The predicted molar refractivity (Wildman–Crippen MR) is 86.8 cm³/mol. The molecule has 0 unspecified atom stereocenters. The van der Waals surface area contributed by atoms with E-state index in [0.717, 1.165) is 18.8 Å². The second-order valence-corrected chi connectivity index (χ2v) is 7.58. The molecule has 0 radical (unpaired) electrons. The quantitative estimate of drug-likeness (QED) is 0.854. The molecule has 5 heteroatoms. The molecular formula is C16H27N3OS. The molecule has 2 aliphatic heterocycles. The summed E-state index contributed by atoms with van der Waals surface area (Å²) in [5, 5.41) is 3.42. The summed E-state index contributed by atoms with van der Waals surface area (Å²) in [4.78, 5) is 9.78. The molecule has 0 aromatic carbocycles. The summed E-state index contributed by atoms with van der Waals surface area (Å²) in [5.74, 6) is 0. The number of likely N-dealkylation sites (tertiary alicyclic amines) is 2. The van der Waals surface area contributed by atoms with Gasteiger partial charge in [0.2, 0.25) is 0 Å². The maximum atomic E-state index is 5.37. The number of aromatic nitrogens is 1. The SMILES string of the molecule is COC[C@H]1CCC2(CCN(Cc3nc(C)cs3)CC2)N1C. The van der Waals surface area contributed by atoms with Gasteiger partial charge in [0.05, 0.1) is 13.2 Å². The Hall–Kier alpha value is -0.490. The molecule has 0 aliphatic carbocycles. The summed E-state index contributed by atoms with van der Waals surface area (Å²) >= 11 is 1.79. The highest BCUT2D eigenvalue weighted by molar-refractivity contribution is 7.09. The van der Waals surface area contributed by atoms with Crippen LogP contribution in [0.1, 0.15) is 36.4 Å². The maximum absolute atomic E-state index is 5.37. The molecule has 0 N–H and O–H groups in total. The van der Waals surface area contributed by atoms with E-state index >= 15 is 0 Å². The molecule has 1 spiro atoms. The standard InChI is InChI=1S/C16H27N3OS/c1-13-12-21-15(17-13)10-19-8-6-16(7-9-19)5-4-14(11-20-3)18(16)2/h12,14H,4-11H2,1-3H3/t14-/m1/s1. The Morgan fingerprint density at radius 3 is 2.76 bits per heavy atom. The lowest BCUT2D eigenvalue weighted by Gasteiger charge is -2.44. The molecule has 3 heterocycles. The van der Waals surface area contributed by atoms with E-state index in [2.05, 4.69) is 34.1 Å². The van der Waals surface area contributed by atoms with Gasteiger partial charge in [0.15, 0.2) is 0 Å². The lowest BCUT2D eigenvalue weighted by atomic mass is 9.85. The number of methoxy groups -OCH3 is 1.